The zero-order chi connectivity index (χ0) is 29.5. The number of allylic oxidation sites excluding steroid dienone is 1. The first kappa shape index (κ1) is 31.5. The third kappa shape index (κ3) is 10.2. The van der Waals surface area contributed by atoms with E-state index >= 15 is 0 Å². The molecule has 0 spiro atoms. The topological polar surface area (TPSA) is 113 Å². The Bertz CT molecular complexity index is 1480. The molecule has 3 aromatic rings. The van der Waals surface area contributed by atoms with Gasteiger partial charge < -0.3 is 10.6 Å². The van der Waals surface area contributed by atoms with Crippen molar-refractivity contribution < 1.29 is 22.6 Å². The molecule has 0 aliphatic heterocycles. The van der Waals surface area contributed by atoms with E-state index in [1.54, 1.807) is 42.5 Å². The van der Waals surface area contributed by atoms with E-state index in [-0.39, 0.29) is 17.9 Å². The molecule has 7 nitrogen and oxygen atoms in total. The van der Waals surface area contributed by atoms with Crippen molar-refractivity contribution in [1.82, 2.24) is 5.32 Å². The van der Waals surface area contributed by atoms with E-state index in [4.69, 9.17) is 16.2 Å². The van der Waals surface area contributed by atoms with Crippen molar-refractivity contribution in [3.63, 3.8) is 0 Å². The molecular weight excluding hydrogens is 616 g/mol. The maximum absolute atomic E-state index is 13.6. The molecule has 212 valence electrons. The van der Waals surface area contributed by atoms with Gasteiger partial charge in [-0.25, -0.2) is 0 Å². The lowest BCUT2D eigenvalue weighted by molar-refractivity contribution is -0.117. The van der Waals surface area contributed by atoms with Gasteiger partial charge in [-0.2, -0.15) is 8.42 Å². The van der Waals surface area contributed by atoms with E-state index in [0.717, 1.165) is 21.2 Å². The van der Waals surface area contributed by atoms with Crippen molar-refractivity contribution in [2.75, 3.05) is 17.6 Å². The molecule has 1 atom stereocenters. The summed E-state index contributed by atoms with van der Waals surface area (Å²) in [5.41, 5.74) is 3.54. The van der Waals surface area contributed by atoms with E-state index in [9.17, 15) is 18.0 Å². The summed E-state index contributed by atoms with van der Waals surface area (Å²) in [6.45, 7) is 6.17. The molecule has 3 rings (SSSR count). The Morgan fingerprint density at radius 1 is 1.02 bits per heavy atom. The van der Waals surface area contributed by atoms with Crippen LogP contribution in [0.25, 0.3) is 6.08 Å². The number of halogens is 2. The standard InChI is InChI=1S/C30H32BrClN2O5S/c1-30(2,3)15-14-20-4-8-22(9-5-20)25(29(36)34-27-19-24(31)12-13-26(27)32)18-21-6-10-23(11-7-21)28(35)33-16-17-40(37,38)39/h4-15,19,25H,16-18H2,1-3H3,(H,33,35)(H,34,36)(H,37,38,39)/b15-14+. The number of benzene rings is 3. The minimum Gasteiger partial charge on any atom is -0.351 e. The number of carbonyl (C=O) groups is 2. The molecule has 0 radical (unpaired) electrons. The molecule has 3 N–H and O–H groups in total. The van der Waals surface area contributed by atoms with Crippen molar-refractivity contribution in [2.24, 2.45) is 5.41 Å². The molecule has 40 heavy (non-hydrogen) atoms. The van der Waals surface area contributed by atoms with Crippen LogP contribution in [0.2, 0.25) is 5.02 Å². The van der Waals surface area contributed by atoms with Crippen LogP contribution in [0, 0.1) is 5.41 Å². The molecule has 0 aliphatic carbocycles. The first-order chi connectivity index (χ1) is 18.7. The Morgan fingerprint density at radius 3 is 2.27 bits per heavy atom. The van der Waals surface area contributed by atoms with E-state index < -0.39 is 27.7 Å². The van der Waals surface area contributed by atoms with Gasteiger partial charge in [-0.15, -0.1) is 0 Å². The molecule has 0 aromatic heterocycles. The molecule has 0 saturated heterocycles. The minimum atomic E-state index is -4.16. The highest BCUT2D eigenvalue weighted by molar-refractivity contribution is 9.10. The van der Waals surface area contributed by atoms with Gasteiger partial charge in [-0.3, -0.25) is 14.1 Å². The van der Waals surface area contributed by atoms with Crippen molar-refractivity contribution in [3.05, 3.63) is 105 Å². The second-order valence-electron chi connectivity index (χ2n) is 10.5. The number of rotatable bonds is 10. The van der Waals surface area contributed by atoms with Crippen molar-refractivity contribution in [2.45, 2.75) is 33.1 Å². The Labute approximate surface area is 248 Å². The van der Waals surface area contributed by atoms with Gasteiger partial charge in [0.1, 0.15) is 0 Å². The average Bonchev–Trinajstić information content (AvgIpc) is 2.87. The van der Waals surface area contributed by atoms with Gasteiger partial charge in [-0.1, -0.05) is 96.9 Å². The zero-order valence-electron chi connectivity index (χ0n) is 22.4. The van der Waals surface area contributed by atoms with Crippen LogP contribution in [0.1, 0.15) is 53.7 Å². The minimum absolute atomic E-state index is 0.0456. The lowest BCUT2D eigenvalue weighted by Gasteiger charge is -2.19. The van der Waals surface area contributed by atoms with E-state index in [0.29, 0.717) is 22.7 Å². The maximum atomic E-state index is 13.6. The molecule has 3 aromatic carbocycles. The fraction of sp³-hybridized carbons (Fsp3) is 0.267. The van der Waals surface area contributed by atoms with Crippen LogP contribution in [0.15, 0.2) is 77.3 Å². The maximum Gasteiger partial charge on any atom is 0.266 e. The molecule has 10 heteroatoms. The van der Waals surface area contributed by atoms with Gasteiger partial charge in [-0.05, 0) is 58.9 Å². The summed E-state index contributed by atoms with van der Waals surface area (Å²) < 4.78 is 31.3. The summed E-state index contributed by atoms with van der Waals surface area (Å²) in [6, 6.07) is 19.8. The van der Waals surface area contributed by atoms with Gasteiger partial charge in [0, 0.05) is 16.6 Å². The number of hydrogen-bond donors (Lipinski definition) is 3. The van der Waals surface area contributed by atoms with Crippen molar-refractivity contribution >= 4 is 61.2 Å². The predicted molar refractivity (Wildman–Crippen MR) is 164 cm³/mol. The second-order valence-corrected chi connectivity index (χ2v) is 13.4. The van der Waals surface area contributed by atoms with E-state index in [1.165, 1.54) is 0 Å². The summed E-state index contributed by atoms with van der Waals surface area (Å²) in [4.78, 5) is 25.9. The van der Waals surface area contributed by atoms with Gasteiger partial charge in [0.25, 0.3) is 16.0 Å². The van der Waals surface area contributed by atoms with E-state index in [1.807, 2.05) is 24.3 Å². The van der Waals surface area contributed by atoms with Crippen molar-refractivity contribution in [3.8, 4) is 0 Å². The van der Waals surface area contributed by atoms with Crippen molar-refractivity contribution in [1.29, 1.82) is 0 Å². The van der Waals surface area contributed by atoms with Crippen LogP contribution in [0.5, 0.6) is 0 Å². The highest BCUT2D eigenvalue weighted by Crippen LogP contribution is 2.29. The highest BCUT2D eigenvalue weighted by atomic mass is 79.9. The number of nitrogens with one attached hydrogen (secondary N) is 2. The van der Waals surface area contributed by atoms with Crippen LogP contribution >= 0.6 is 27.5 Å². The fourth-order valence-electron chi connectivity index (χ4n) is 3.78. The molecule has 1 unspecified atom stereocenters. The lowest BCUT2D eigenvalue weighted by Crippen LogP contribution is -2.28. The molecule has 0 bridgehead atoms. The molecule has 0 heterocycles. The van der Waals surface area contributed by atoms with E-state index in [2.05, 4.69) is 59.5 Å². The third-order valence-electron chi connectivity index (χ3n) is 5.92. The first-order valence-electron chi connectivity index (χ1n) is 12.6. The molecule has 2 amide bonds. The average molecular weight is 648 g/mol. The Morgan fingerprint density at radius 2 is 1.68 bits per heavy atom. The van der Waals surface area contributed by atoms with Gasteiger partial charge in [0.2, 0.25) is 5.91 Å². The fourth-order valence-corrected chi connectivity index (χ4v) is 4.67. The number of carbonyl (C=O) groups excluding carboxylic acids is 2. The quantitative estimate of drug-likeness (QED) is 0.211. The van der Waals surface area contributed by atoms with Crippen LogP contribution in [-0.4, -0.2) is 37.1 Å². The lowest BCUT2D eigenvalue weighted by atomic mass is 9.89. The van der Waals surface area contributed by atoms with Crippen LogP contribution < -0.4 is 10.6 Å². The Hall–Kier alpha value is -2.98. The summed E-state index contributed by atoms with van der Waals surface area (Å²) in [5.74, 6) is -1.82. The normalized spacial score (nSPS) is 12.8. The summed E-state index contributed by atoms with van der Waals surface area (Å²) in [5, 5.41) is 5.82. The summed E-state index contributed by atoms with van der Waals surface area (Å²) in [6.07, 6.45) is 4.54. The summed E-state index contributed by atoms with van der Waals surface area (Å²) >= 11 is 9.73. The highest BCUT2D eigenvalue weighted by Gasteiger charge is 2.23. The predicted octanol–water partition coefficient (Wildman–Crippen LogP) is 6.74. The molecular formula is C30H32BrClN2O5S. The second kappa shape index (κ2) is 13.6. The smallest absolute Gasteiger partial charge is 0.266 e. The molecule has 0 fully saturated rings. The zero-order valence-corrected chi connectivity index (χ0v) is 25.6. The van der Waals surface area contributed by atoms with Gasteiger partial charge >= 0.3 is 0 Å². The Balaban J connectivity index is 1.83. The number of amides is 2. The van der Waals surface area contributed by atoms with Crippen LogP contribution in [0.4, 0.5) is 5.69 Å². The van der Waals surface area contributed by atoms with Crippen LogP contribution in [0.3, 0.4) is 0 Å². The van der Waals surface area contributed by atoms with Gasteiger partial charge in [0.15, 0.2) is 0 Å². The SMILES string of the molecule is CC(C)(C)/C=C/c1ccc(C(Cc2ccc(C(=O)NCCS(=O)(=O)O)cc2)C(=O)Nc2cc(Br)ccc2Cl)cc1. The molecule has 0 saturated carbocycles. The Kier molecular flexibility index (Phi) is 10.7. The largest absolute Gasteiger partial charge is 0.351 e. The molecule has 0 aliphatic rings. The van der Waals surface area contributed by atoms with Gasteiger partial charge in [0.05, 0.1) is 22.4 Å². The first-order valence-corrected chi connectivity index (χ1v) is 15.4. The summed E-state index contributed by atoms with van der Waals surface area (Å²) in [7, 11) is -4.16. The number of anilines is 1. The van der Waals surface area contributed by atoms with Crippen LogP contribution in [-0.2, 0) is 21.3 Å². The third-order valence-corrected chi connectivity index (χ3v) is 7.46. The monoisotopic (exact) mass is 646 g/mol. The number of hydrogen-bond acceptors (Lipinski definition) is 4.